The monoisotopic (exact) mass is 308 g/mol. The Hall–Kier alpha value is -1.60. The molecule has 3 amide bonds. The van der Waals surface area contributed by atoms with Crippen molar-refractivity contribution in [1.29, 1.82) is 0 Å². The van der Waals surface area contributed by atoms with E-state index in [0.717, 1.165) is 4.90 Å². The van der Waals surface area contributed by atoms with Crippen LogP contribution in [0.1, 0.15) is 33.6 Å². The van der Waals surface area contributed by atoms with E-state index >= 15 is 0 Å². The molecule has 1 aliphatic rings. The highest BCUT2D eigenvalue weighted by Gasteiger charge is 2.48. The van der Waals surface area contributed by atoms with E-state index < -0.39 is 42.4 Å². The predicted molar refractivity (Wildman–Crippen MR) is 68.0 cm³/mol. The molecule has 0 aromatic heterocycles. The molecule has 0 saturated carbocycles. The van der Waals surface area contributed by atoms with Crippen LogP contribution in [0.5, 0.6) is 0 Å². The van der Waals surface area contributed by atoms with E-state index in [-0.39, 0.29) is 12.3 Å². The Morgan fingerprint density at radius 1 is 1.38 bits per heavy atom. The number of amides is 3. The molecule has 0 aromatic carbocycles. The van der Waals surface area contributed by atoms with Gasteiger partial charge >= 0.3 is 6.18 Å². The number of carbonyl (C=O) groups is 3. The first-order valence-electron chi connectivity index (χ1n) is 6.63. The molecule has 0 aromatic rings. The van der Waals surface area contributed by atoms with Crippen LogP contribution in [0, 0.1) is 11.3 Å². The van der Waals surface area contributed by atoms with Gasteiger partial charge in [0.05, 0.1) is 5.41 Å². The summed E-state index contributed by atoms with van der Waals surface area (Å²) >= 11 is 0. The van der Waals surface area contributed by atoms with Gasteiger partial charge in [-0.05, 0) is 12.3 Å². The molecule has 1 fully saturated rings. The Kier molecular flexibility index (Phi) is 5.01. The van der Waals surface area contributed by atoms with Gasteiger partial charge in [-0.15, -0.1) is 0 Å². The van der Waals surface area contributed by atoms with Gasteiger partial charge in [0.25, 0.3) is 0 Å². The highest BCUT2D eigenvalue weighted by molar-refractivity contribution is 6.07. The molecule has 0 spiro atoms. The number of hydrogen-bond acceptors (Lipinski definition) is 3. The molecule has 0 aliphatic carbocycles. The van der Waals surface area contributed by atoms with Gasteiger partial charge in [0.1, 0.15) is 13.1 Å². The molecular formula is C13H19F3N2O3. The van der Waals surface area contributed by atoms with Gasteiger partial charge in [-0.1, -0.05) is 20.8 Å². The van der Waals surface area contributed by atoms with Crippen molar-refractivity contribution in [3.05, 3.63) is 0 Å². The second kappa shape index (κ2) is 6.03. The van der Waals surface area contributed by atoms with Crippen LogP contribution < -0.4 is 5.32 Å². The van der Waals surface area contributed by atoms with Gasteiger partial charge < -0.3 is 5.32 Å². The fourth-order valence-corrected chi connectivity index (χ4v) is 2.56. The minimum Gasteiger partial charge on any atom is -0.345 e. The number of imide groups is 1. The molecule has 8 heteroatoms. The molecule has 21 heavy (non-hydrogen) atoms. The van der Waals surface area contributed by atoms with Crippen molar-refractivity contribution in [3.63, 3.8) is 0 Å². The fraction of sp³-hybridized carbons (Fsp3) is 0.769. The highest BCUT2D eigenvalue weighted by Crippen LogP contribution is 2.38. The van der Waals surface area contributed by atoms with E-state index in [4.69, 9.17) is 0 Å². The lowest BCUT2D eigenvalue weighted by molar-refractivity contribution is -0.147. The molecule has 1 N–H and O–H groups in total. The van der Waals surface area contributed by atoms with Crippen LogP contribution in [0.4, 0.5) is 13.2 Å². The highest BCUT2D eigenvalue weighted by atomic mass is 19.4. The van der Waals surface area contributed by atoms with Crippen LogP contribution in [-0.4, -0.2) is 41.9 Å². The fourth-order valence-electron chi connectivity index (χ4n) is 2.56. The van der Waals surface area contributed by atoms with Gasteiger partial charge in [-0.25, -0.2) is 0 Å². The molecule has 1 heterocycles. The summed E-state index contributed by atoms with van der Waals surface area (Å²) in [7, 11) is 0. The van der Waals surface area contributed by atoms with Crippen LogP contribution >= 0.6 is 0 Å². The molecule has 1 atom stereocenters. The van der Waals surface area contributed by atoms with Crippen LogP contribution in [-0.2, 0) is 14.4 Å². The lowest BCUT2D eigenvalue weighted by Crippen LogP contribution is -2.44. The first-order chi connectivity index (χ1) is 9.44. The number of rotatable bonds is 5. The SMILES string of the molecule is CC(C)CC1(C)CC(=O)N(CC(=O)NCC(F)(F)F)C1=O. The second-order valence-corrected chi connectivity index (χ2v) is 6.01. The number of halogens is 3. The van der Waals surface area contributed by atoms with Crippen molar-refractivity contribution in [1.82, 2.24) is 10.2 Å². The zero-order chi connectivity index (χ0) is 16.4. The quantitative estimate of drug-likeness (QED) is 0.782. The standard InChI is InChI=1S/C13H19F3N2O3/c1-8(2)4-12(3)5-10(20)18(11(12)21)6-9(19)17-7-13(14,15)16/h8H,4-7H2,1-3H3,(H,17,19). The molecule has 5 nitrogen and oxygen atoms in total. The van der Waals surface area contributed by atoms with Gasteiger partial charge in [0.15, 0.2) is 0 Å². The smallest absolute Gasteiger partial charge is 0.345 e. The lowest BCUT2D eigenvalue weighted by atomic mass is 9.80. The summed E-state index contributed by atoms with van der Waals surface area (Å²) in [6, 6.07) is 0. The molecule has 1 aliphatic heterocycles. The minimum absolute atomic E-state index is 0.0173. The lowest BCUT2D eigenvalue weighted by Gasteiger charge is -2.23. The Balaban J connectivity index is 2.66. The average Bonchev–Trinajstić information content (AvgIpc) is 2.48. The summed E-state index contributed by atoms with van der Waals surface area (Å²) in [4.78, 5) is 36.2. The van der Waals surface area contributed by atoms with E-state index in [9.17, 15) is 27.6 Å². The molecule has 1 rings (SSSR count). The first-order valence-corrected chi connectivity index (χ1v) is 6.63. The Labute approximate surface area is 120 Å². The van der Waals surface area contributed by atoms with E-state index in [1.54, 1.807) is 12.2 Å². The third-order valence-electron chi connectivity index (χ3n) is 3.25. The summed E-state index contributed by atoms with van der Waals surface area (Å²) in [6.45, 7) is 3.30. The maximum atomic E-state index is 12.2. The van der Waals surface area contributed by atoms with E-state index in [2.05, 4.69) is 0 Å². The summed E-state index contributed by atoms with van der Waals surface area (Å²) in [6.07, 6.45) is -4.06. The van der Waals surface area contributed by atoms with Crippen molar-refractivity contribution >= 4 is 17.7 Å². The number of carbonyl (C=O) groups excluding carboxylic acids is 3. The van der Waals surface area contributed by atoms with Crippen LogP contribution in [0.2, 0.25) is 0 Å². The van der Waals surface area contributed by atoms with Gasteiger partial charge in [-0.3, -0.25) is 19.3 Å². The normalized spacial score (nSPS) is 23.1. The van der Waals surface area contributed by atoms with Crippen molar-refractivity contribution < 1.29 is 27.6 Å². The molecule has 1 unspecified atom stereocenters. The maximum Gasteiger partial charge on any atom is 0.405 e. The van der Waals surface area contributed by atoms with Crippen LogP contribution in [0.15, 0.2) is 0 Å². The first kappa shape index (κ1) is 17.5. The third-order valence-corrected chi connectivity index (χ3v) is 3.25. The number of hydrogen-bond donors (Lipinski definition) is 1. The summed E-state index contributed by atoms with van der Waals surface area (Å²) in [5, 5.41) is 1.65. The van der Waals surface area contributed by atoms with Crippen LogP contribution in [0.3, 0.4) is 0 Å². The Morgan fingerprint density at radius 2 is 1.95 bits per heavy atom. The number of nitrogens with zero attached hydrogens (tertiary/aromatic N) is 1. The van der Waals surface area contributed by atoms with Crippen molar-refractivity contribution in [2.24, 2.45) is 11.3 Å². The predicted octanol–water partition coefficient (Wildman–Crippen LogP) is 1.48. The summed E-state index contributed by atoms with van der Waals surface area (Å²) < 4.78 is 36.0. The van der Waals surface area contributed by atoms with E-state index in [1.165, 1.54) is 0 Å². The molecule has 120 valence electrons. The van der Waals surface area contributed by atoms with E-state index in [0.29, 0.717) is 6.42 Å². The van der Waals surface area contributed by atoms with Crippen LogP contribution in [0.25, 0.3) is 0 Å². The number of likely N-dealkylation sites (tertiary alicyclic amines) is 1. The topological polar surface area (TPSA) is 66.5 Å². The molecule has 0 bridgehead atoms. The number of nitrogens with one attached hydrogen (secondary N) is 1. The van der Waals surface area contributed by atoms with Crippen molar-refractivity contribution in [2.75, 3.05) is 13.1 Å². The Morgan fingerprint density at radius 3 is 2.43 bits per heavy atom. The maximum absolute atomic E-state index is 12.2. The van der Waals surface area contributed by atoms with Crippen molar-refractivity contribution in [3.8, 4) is 0 Å². The third kappa shape index (κ3) is 4.71. The minimum atomic E-state index is -4.53. The molecular weight excluding hydrogens is 289 g/mol. The Bertz CT molecular complexity index is 448. The average molecular weight is 308 g/mol. The summed E-state index contributed by atoms with van der Waals surface area (Å²) in [5.74, 6) is -1.83. The van der Waals surface area contributed by atoms with Gasteiger partial charge in [0.2, 0.25) is 17.7 Å². The second-order valence-electron chi connectivity index (χ2n) is 6.01. The number of alkyl halides is 3. The molecule has 1 saturated heterocycles. The van der Waals surface area contributed by atoms with E-state index in [1.807, 2.05) is 13.8 Å². The van der Waals surface area contributed by atoms with Crippen molar-refractivity contribution in [2.45, 2.75) is 39.8 Å². The van der Waals surface area contributed by atoms with Gasteiger partial charge in [0, 0.05) is 6.42 Å². The summed E-state index contributed by atoms with van der Waals surface area (Å²) in [5.41, 5.74) is -0.879. The largest absolute Gasteiger partial charge is 0.405 e. The van der Waals surface area contributed by atoms with Gasteiger partial charge in [-0.2, -0.15) is 13.2 Å². The zero-order valence-electron chi connectivity index (χ0n) is 12.2. The molecule has 0 radical (unpaired) electrons. The zero-order valence-corrected chi connectivity index (χ0v) is 12.2.